The van der Waals surface area contributed by atoms with Crippen molar-refractivity contribution in [2.75, 3.05) is 18.5 Å². The number of anilines is 1. The van der Waals surface area contributed by atoms with Gasteiger partial charge in [-0.3, -0.25) is 14.5 Å². The Hall–Kier alpha value is -2.88. The van der Waals surface area contributed by atoms with Crippen molar-refractivity contribution in [3.8, 4) is 11.6 Å². The van der Waals surface area contributed by atoms with Gasteiger partial charge in [-0.1, -0.05) is 23.2 Å². The minimum absolute atomic E-state index is 0.0299. The molecule has 0 saturated carbocycles. The van der Waals surface area contributed by atoms with Crippen molar-refractivity contribution >= 4 is 51.1 Å². The Kier molecular flexibility index (Phi) is 4.73. The topological polar surface area (TPSA) is 118 Å². The number of benzene rings is 1. The lowest BCUT2D eigenvalue weighted by Gasteiger charge is -2.14. The molecule has 3 N–H and O–H groups in total. The molecule has 1 aliphatic heterocycles. The molecule has 0 bridgehead atoms. The average molecular weight is 447 g/mol. The molecule has 1 aromatic carbocycles. The fraction of sp³-hybridized carbons (Fsp3) is 0.263. The zero-order chi connectivity index (χ0) is 20.8. The standard InChI is InChI=1S/C19H16Cl2N6O3/c20-9-4-10(21)6-11(5-9)27-16-13(15-14(18(27)29)17(28)26-25-15)8-23-19(24-16)22-7-12-2-1-3-30-12/h4-6,8,12H,1-3,7H2,(H,22,23,24)(H2,25,26,28)/t12-/m1/s1. The molecule has 3 aromatic heterocycles. The SMILES string of the molecule is O=c1c2c(O)n[nH]c2c2cnc(NC[C@H]3CCCO3)nc2n1-c1cc(Cl)cc(Cl)c1. The van der Waals surface area contributed by atoms with Crippen molar-refractivity contribution in [3.05, 3.63) is 44.8 Å². The zero-order valence-electron chi connectivity index (χ0n) is 15.5. The first-order valence-corrected chi connectivity index (χ1v) is 10.1. The number of H-pyrrole nitrogens is 1. The van der Waals surface area contributed by atoms with Crippen LogP contribution in [0.1, 0.15) is 12.8 Å². The number of nitrogens with one attached hydrogen (secondary N) is 2. The fourth-order valence-electron chi connectivity index (χ4n) is 3.66. The van der Waals surface area contributed by atoms with Gasteiger partial charge in [0.2, 0.25) is 11.8 Å². The first kappa shape index (κ1) is 19.1. The maximum Gasteiger partial charge on any atom is 0.271 e. The van der Waals surface area contributed by atoms with Crippen LogP contribution >= 0.6 is 23.2 Å². The van der Waals surface area contributed by atoms with Gasteiger partial charge in [0.1, 0.15) is 5.39 Å². The van der Waals surface area contributed by atoms with E-state index in [0.29, 0.717) is 44.8 Å². The second-order valence-electron chi connectivity index (χ2n) is 7.01. The smallest absolute Gasteiger partial charge is 0.271 e. The molecule has 1 atom stereocenters. The van der Waals surface area contributed by atoms with Crippen molar-refractivity contribution in [2.45, 2.75) is 18.9 Å². The van der Waals surface area contributed by atoms with E-state index in [1.807, 2.05) is 0 Å². The molecule has 0 amide bonds. The summed E-state index contributed by atoms with van der Waals surface area (Å²) < 4.78 is 6.95. The molecule has 0 aliphatic carbocycles. The van der Waals surface area contributed by atoms with Crippen molar-refractivity contribution in [3.63, 3.8) is 0 Å². The predicted octanol–water partition coefficient (Wildman–Crippen LogP) is 3.26. The van der Waals surface area contributed by atoms with Crippen molar-refractivity contribution in [1.29, 1.82) is 0 Å². The molecule has 1 aliphatic rings. The van der Waals surface area contributed by atoms with Gasteiger partial charge in [-0.2, -0.15) is 4.98 Å². The molecule has 0 radical (unpaired) electrons. The van der Waals surface area contributed by atoms with Crippen LogP contribution in [0.25, 0.3) is 27.6 Å². The van der Waals surface area contributed by atoms with Crippen LogP contribution < -0.4 is 10.9 Å². The fourth-order valence-corrected chi connectivity index (χ4v) is 4.18. The maximum atomic E-state index is 13.3. The number of aromatic amines is 1. The largest absolute Gasteiger partial charge is 0.492 e. The number of pyridine rings is 1. The quantitative estimate of drug-likeness (QED) is 0.440. The minimum Gasteiger partial charge on any atom is -0.492 e. The van der Waals surface area contributed by atoms with Gasteiger partial charge in [-0.25, -0.2) is 4.98 Å². The highest BCUT2D eigenvalue weighted by atomic mass is 35.5. The molecular formula is C19H16Cl2N6O3. The van der Waals surface area contributed by atoms with E-state index in [1.165, 1.54) is 4.57 Å². The van der Waals surface area contributed by atoms with E-state index in [1.54, 1.807) is 24.4 Å². The highest BCUT2D eigenvalue weighted by Crippen LogP contribution is 2.29. The zero-order valence-corrected chi connectivity index (χ0v) is 17.0. The monoisotopic (exact) mass is 446 g/mol. The molecule has 1 saturated heterocycles. The molecule has 30 heavy (non-hydrogen) atoms. The number of rotatable bonds is 4. The molecule has 154 valence electrons. The number of hydrogen-bond acceptors (Lipinski definition) is 7. The molecule has 4 heterocycles. The van der Waals surface area contributed by atoms with Crippen LogP contribution in [0.5, 0.6) is 5.88 Å². The van der Waals surface area contributed by atoms with Crippen LogP contribution in [0, 0.1) is 0 Å². The summed E-state index contributed by atoms with van der Waals surface area (Å²) in [5.41, 5.74) is 0.571. The summed E-state index contributed by atoms with van der Waals surface area (Å²) in [6, 6.07) is 4.76. The minimum atomic E-state index is -0.508. The molecular weight excluding hydrogens is 431 g/mol. The number of fused-ring (bicyclic) bond motifs is 3. The summed E-state index contributed by atoms with van der Waals surface area (Å²) in [5, 5.41) is 21.0. The van der Waals surface area contributed by atoms with E-state index in [4.69, 9.17) is 27.9 Å². The van der Waals surface area contributed by atoms with E-state index in [2.05, 4.69) is 25.5 Å². The first-order valence-electron chi connectivity index (χ1n) is 9.32. The number of aromatic hydroxyl groups is 1. The van der Waals surface area contributed by atoms with Crippen LogP contribution in [-0.2, 0) is 4.74 Å². The molecule has 11 heteroatoms. The van der Waals surface area contributed by atoms with Crippen LogP contribution in [0.3, 0.4) is 0 Å². The first-order chi connectivity index (χ1) is 14.5. The number of hydrogen-bond donors (Lipinski definition) is 3. The highest BCUT2D eigenvalue weighted by molar-refractivity contribution is 6.34. The summed E-state index contributed by atoms with van der Waals surface area (Å²) in [6.45, 7) is 1.31. The average Bonchev–Trinajstić information content (AvgIpc) is 3.36. The summed E-state index contributed by atoms with van der Waals surface area (Å²) in [7, 11) is 0. The molecule has 0 unspecified atom stereocenters. The van der Waals surface area contributed by atoms with Gasteiger partial charge in [0, 0.05) is 29.4 Å². The van der Waals surface area contributed by atoms with Crippen molar-refractivity contribution in [2.24, 2.45) is 0 Å². The Bertz CT molecular complexity index is 1310. The summed E-state index contributed by atoms with van der Waals surface area (Å²) in [5.74, 6) is -0.0540. The van der Waals surface area contributed by atoms with E-state index in [0.717, 1.165) is 19.4 Å². The number of aromatic nitrogens is 5. The van der Waals surface area contributed by atoms with E-state index < -0.39 is 11.4 Å². The Morgan fingerprint density at radius 2 is 2.10 bits per heavy atom. The lowest BCUT2D eigenvalue weighted by molar-refractivity contribution is 0.120. The normalized spacial score (nSPS) is 16.5. The van der Waals surface area contributed by atoms with Gasteiger partial charge in [-0.15, -0.1) is 5.10 Å². The van der Waals surface area contributed by atoms with Gasteiger partial charge >= 0.3 is 0 Å². The van der Waals surface area contributed by atoms with Gasteiger partial charge in [0.25, 0.3) is 5.56 Å². The summed E-state index contributed by atoms with van der Waals surface area (Å²) in [4.78, 5) is 22.2. The van der Waals surface area contributed by atoms with Crippen molar-refractivity contribution < 1.29 is 9.84 Å². The third-order valence-corrected chi connectivity index (χ3v) is 5.47. The summed E-state index contributed by atoms with van der Waals surface area (Å²) >= 11 is 12.3. The number of halogens is 2. The Balaban J connectivity index is 1.73. The second-order valence-corrected chi connectivity index (χ2v) is 7.89. The maximum absolute atomic E-state index is 13.3. The Labute approximate surface area is 179 Å². The molecule has 0 spiro atoms. The van der Waals surface area contributed by atoms with Gasteiger partial charge < -0.3 is 15.2 Å². The molecule has 9 nitrogen and oxygen atoms in total. The number of ether oxygens (including phenoxy) is 1. The van der Waals surface area contributed by atoms with Gasteiger partial charge in [0.05, 0.1) is 22.7 Å². The van der Waals surface area contributed by atoms with E-state index in [9.17, 15) is 9.90 Å². The molecule has 5 rings (SSSR count). The van der Waals surface area contributed by atoms with Crippen LogP contribution in [-0.4, -0.2) is 49.1 Å². The lowest BCUT2D eigenvalue weighted by atomic mass is 10.2. The van der Waals surface area contributed by atoms with E-state index >= 15 is 0 Å². The van der Waals surface area contributed by atoms with E-state index in [-0.39, 0.29) is 11.5 Å². The van der Waals surface area contributed by atoms with Crippen LogP contribution in [0.15, 0.2) is 29.2 Å². The van der Waals surface area contributed by atoms with Crippen LogP contribution in [0.4, 0.5) is 5.95 Å². The Morgan fingerprint density at radius 3 is 2.83 bits per heavy atom. The Morgan fingerprint density at radius 1 is 1.30 bits per heavy atom. The lowest BCUT2D eigenvalue weighted by Crippen LogP contribution is -2.22. The summed E-state index contributed by atoms with van der Waals surface area (Å²) in [6.07, 6.45) is 3.68. The van der Waals surface area contributed by atoms with Gasteiger partial charge in [-0.05, 0) is 31.0 Å². The van der Waals surface area contributed by atoms with Gasteiger partial charge in [0.15, 0.2) is 5.65 Å². The predicted molar refractivity (Wildman–Crippen MR) is 114 cm³/mol. The third-order valence-electron chi connectivity index (χ3n) is 5.03. The highest BCUT2D eigenvalue weighted by Gasteiger charge is 2.21. The van der Waals surface area contributed by atoms with Crippen LogP contribution in [0.2, 0.25) is 10.0 Å². The molecule has 1 fully saturated rings. The molecule has 4 aromatic rings. The second kappa shape index (κ2) is 7.42. The number of nitrogens with zero attached hydrogens (tertiary/aromatic N) is 4. The van der Waals surface area contributed by atoms with Crippen molar-refractivity contribution in [1.82, 2.24) is 24.7 Å². The third kappa shape index (κ3) is 3.24.